The van der Waals surface area contributed by atoms with E-state index >= 15 is 0 Å². The van der Waals surface area contributed by atoms with Gasteiger partial charge in [-0.2, -0.15) is 0 Å². The van der Waals surface area contributed by atoms with Crippen LogP contribution in [0.5, 0.6) is 5.75 Å². The van der Waals surface area contributed by atoms with Crippen LogP contribution in [0.15, 0.2) is 53.9 Å². The molecule has 2 aromatic heterocycles. The van der Waals surface area contributed by atoms with Gasteiger partial charge < -0.3 is 14.5 Å². The van der Waals surface area contributed by atoms with Crippen molar-refractivity contribution in [1.82, 2.24) is 29.8 Å². The average molecular weight is 585 g/mol. The Labute approximate surface area is 237 Å². The Morgan fingerprint density at radius 1 is 0.878 bits per heavy atom. The third-order valence-electron chi connectivity index (χ3n) is 7.69. The van der Waals surface area contributed by atoms with E-state index < -0.39 is 18.0 Å². The van der Waals surface area contributed by atoms with Crippen molar-refractivity contribution in [1.29, 1.82) is 0 Å². The first-order valence-corrected chi connectivity index (χ1v) is 14.3. The lowest BCUT2D eigenvalue weighted by Crippen LogP contribution is -2.39. The molecule has 0 atom stereocenters. The number of nitrogens with zero attached hydrogens (tertiary/aromatic N) is 6. The fourth-order valence-corrected chi connectivity index (χ4v) is 6.53. The number of carbonyl (C=O) groups excluding carboxylic acids is 2. The second-order valence-electron chi connectivity index (χ2n) is 10.2. The van der Waals surface area contributed by atoms with Crippen LogP contribution in [0.25, 0.3) is 11.0 Å². The highest BCUT2D eigenvalue weighted by atomic mass is 32.1. The molecule has 214 valence electrons. The summed E-state index contributed by atoms with van der Waals surface area (Å²) in [7, 11) is 0. The van der Waals surface area contributed by atoms with Crippen LogP contribution in [-0.2, 0) is 0 Å². The molecule has 0 spiro atoms. The fraction of sp³-hybridized carbons (Fsp3) is 0.393. The second kappa shape index (κ2) is 11.1. The third-order valence-corrected chi connectivity index (χ3v) is 8.70. The van der Waals surface area contributed by atoms with E-state index in [1.165, 1.54) is 34.4 Å². The Morgan fingerprint density at radius 3 is 2.29 bits per heavy atom. The van der Waals surface area contributed by atoms with Crippen molar-refractivity contribution in [2.75, 3.05) is 26.2 Å². The predicted octanol–water partition coefficient (Wildman–Crippen LogP) is 5.28. The molecule has 2 amide bonds. The fourth-order valence-electron chi connectivity index (χ4n) is 5.56. The molecule has 0 N–H and O–H groups in total. The molecular weight excluding hydrogens is 557 g/mol. The molecule has 2 aliphatic rings. The maximum atomic E-state index is 13.2. The smallest absolute Gasteiger partial charge is 0.405 e. The lowest BCUT2D eigenvalue weighted by molar-refractivity contribution is -0.274. The van der Waals surface area contributed by atoms with Gasteiger partial charge in [-0.05, 0) is 49.9 Å². The van der Waals surface area contributed by atoms with E-state index in [-0.39, 0.29) is 23.4 Å². The van der Waals surface area contributed by atoms with Crippen molar-refractivity contribution in [3.8, 4) is 5.75 Å². The van der Waals surface area contributed by atoms with Gasteiger partial charge in [0.25, 0.3) is 11.8 Å². The number of alkyl halides is 3. The van der Waals surface area contributed by atoms with Crippen molar-refractivity contribution >= 4 is 34.2 Å². The molecule has 0 aliphatic carbocycles. The van der Waals surface area contributed by atoms with Gasteiger partial charge in [0.05, 0.1) is 22.1 Å². The topological polar surface area (TPSA) is 93.5 Å². The van der Waals surface area contributed by atoms with Crippen molar-refractivity contribution in [3.63, 3.8) is 0 Å². The monoisotopic (exact) mass is 584 g/mol. The van der Waals surface area contributed by atoms with Crippen LogP contribution in [0.4, 0.5) is 13.2 Å². The van der Waals surface area contributed by atoms with Crippen LogP contribution in [0, 0.1) is 0 Å². The first-order chi connectivity index (χ1) is 19.8. The normalized spacial score (nSPS) is 17.2. The Morgan fingerprint density at radius 2 is 1.54 bits per heavy atom. The number of para-hydroxylation sites is 2. The summed E-state index contributed by atoms with van der Waals surface area (Å²) < 4.78 is 44.4. The zero-order valence-electron chi connectivity index (χ0n) is 22.0. The molecule has 2 fully saturated rings. The number of benzene rings is 2. The summed E-state index contributed by atoms with van der Waals surface area (Å²) in [5, 5.41) is 11.2. The molecular formula is C28H27F3N6O3S. The minimum atomic E-state index is -4.88. The molecule has 0 unspecified atom stereocenters. The van der Waals surface area contributed by atoms with E-state index in [9.17, 15) is 22.8 Å². The third kappa shape index (κ3) is 5.76. The van der Waals surface area contributed by atoms with E-state index in [0.717, 1.165) is 34.9 Å². The van der Waals surface area contributed by atoms with E-state index in [1.54, 1.807) is 5.38 Å². The molecule has 2 saturated heterocycles. The van der Waals surface area contributed by atoms with Crippen LogP contribution in [0.2, 0.25) is 0 Å². The molecule has 4 aromatic rings. The number of carbonyl (C=O) groups is 2. The maximum absolute atomic E-state index is 13.2. The Kier molecular flexibility index (Phi) is 7.37. The van der Waals surface area contributed by atoms with Gasteiger partial charge in [0.1, 0.15) is 17.0 Å². The zero-order chi connectivity index (χ0) is 28.6. The van der Waals surface area contributed by atoms with Gasteiger partial charge in [0.15, 0.2) is 0 Å². The summed E-state index contributed by atoms with van der Waals surface area (Å²) in [5.41, 5.74) is 2.15. The van der Waals surface area contributed by atoms with Crippen molar-refractivity contribution < 1.29 is 27.5 Å². The number of halogens is 3. The number of piperidine rings is 2. The second-order valence-corrected chi connectivity index (χ2v) is 11.1. The molecule has 0 radical (unpaired) electrons. The number of hydrogen-bond donors (Lipinski definition) is 0. The molecule has 2 aromatic carbocycles. The van der Waals surface area contributed by atoms with Gasteiger partial charge in [-0.3, -0.25) is 9.59 Å². The summed E-state index contributed by atoms with van der Waals surface area (Å²) >= 11 is 1.43. The minimum absolute atomic E-state index is 0.0681. The number of amides is 2. The molecule has 9 nitrogen and oxygen atoms in total. The van der Waals surface area contributed by atoms with Crippen LogP contribution < -0.4 is 4.74 Å². The van der Waals surface area contributed by atoms with E-state index in [1.807, 2.05) is 33.8 Å². The van der Waals surface area contributed by atoms with Crippen LogP contribution >= 0.6 is 11.3 Å². The molecule has 4 heterocycles. The Balaban J connectivity index is 1.04. The molecule has 2 aliphatic heterocycles. The summed E-state index contributed by atoms with van der Waals surface area (Å²) in [6.45, 7) is 1.95. The van der Waals surface area contributed by atoms with Gasteiger partial charge >= 0.3 is 6.36 Å². The highest BCUT2D eigenvalue weighted by Gasteiger charge is 2.35. The van der Waals surface area contributed by atoms with Crippen molar-refractivity contribution in [2.45, 2.75) is 44.0 Å². The molecule has 41 heavy (non-hydrogen) atoms. The molecule has 0 saturated carbocycles. The zero-order valence-corrected chi connectivity index (χ0v) is 22.8. The van der Waals surface area contributed by atoms with Crippen molar-refractivity contribution in [3.05, 3.63) is 70.2 Å². The lowest BCUT2D eigenvalue weighted by atomic mass is 9.97. The number of hydrogen-bond acceptors (Lipinski definition) is 7. The predicted molar refractivity (Wildman–Crippen MR) is 145 cm³/mol. The largest absolute Gasteiger partial charge is 0.573 e. The number of thiazole rings is 1. The number of fused-ring (bicyclic) bond motifs is 1. The van der Waals surface area contributed by atoms with Gasteiger partial charge in [-0.15, -0.1) is 29.6 Å². The molecule has 13 heteroatoms. The lowest BCUT2D eigenvalue weighted by Gasteiger charge is -2.32. The SMILES string of the molecule is O=C(c1csc(C2CCN(C(=O)c3ccccc3OC(F)(F)F)CC2)n1)N1CCC(n2nnc3ccccc32)CC1. The van der Waals surface area contributed by atoms with E-state index in [2.05, 4.69) is 20.0 Å². The highest BCUT2D eigenvalue weighted by molar-refractivity contribution is 7.09. The number of aromatic nitrogens is 4. The van der Waals surface area contributed by atoms with Gasteiger partial charge in [-0.25, -0.2) is 9.67 Å². The standard InChI is InChI=1S/C28H27F3N6O3S/c29-28(30,31)40-24-8-4-1-5-20(24)26(38)35-13-9-18(10-14-35)25-32-22(17-41-25)27(39)36-15-11-19(12-16-36)37-23-7-3-2-6-21(23)33-34-37/h1-8,17-19H,9-16H2. The first kappa shape index (κ1) is 27.2. The highest BCUT2D eigenvalue weighted by Crippen LogP contribution is 2.33. The number of ether oxygens (including phenoxy) is 1. The Bertz CT molecular complexity index is 1550. The summed E-state index contributed by atoms with van der Waals surface area (Å²) in [5.74, 6) is -1.03. The average Bonchev–Trinajstić information content (AvgIpc) is 3.64. The van der Waals surface area contributed by atoms with Gasteiger partial charge in [0.2, 0.25) is 0 Å². The van der Waals surface area contributed by atoms with E-state index in [0.29, 0.717) is 44.7 Å². The van der Waals surface area contributed by atoms with Crippen molar-refractivity contribution in [2.24, 2.45) is 0 Å². The minimum Gasteiger partial charge on any atom is -0.405 e. The maximum Gasteiger partial charge on any atom is 0.573 e. The first-order valence-electron chi connectivity index (χ1n) is 13.5. The number of rotatable bonds is 5. The quantitative estimate of drug-likeness (QED) is 0.317. The van der Waals surface area contributed by atoms with Crippen LogP contribution in [0.1, 0.15) is 63.5 Å². The van der Waals surface area contributed by atoms with Gasteiger partial charge in [-0.1, -0.05) is 29.5 Å². The summed E-state index contributed by atoms with van der Waals surface area (Å²) in [6, 6.07) is 13.4. The summed E-state index contributed by atoms with van der Waals surface area (Å²) in [4.78, 5) is 34.2. The number of likely N-dealkylation sites (tertiary alicyclic amines) is 2. The van der Waals surface area contributed by atoms with Crippen LogP contribution in [-0.4, -0.2) is 74.1 Å². The van der Waals surface area contributed by atoms with Gasteiger partial charge in [0, 0.05) is 37.5 Å². The summed E-state index contributed by atoms with van der Waals surface area (Å²) in [6.07, 6.45) is -2.12. The Hall–Kier alpha value is -4.00. The van der Waals surface area contributed by atoms with E-state index in [4.69, 9.17) is 0 Å². The molecule has 6 rings (SSSR count). The van der Waals surface area contributed by atoms with Crippen LogP contribution in [0.3, 0.4) is 0 Å². The molecule has 0 bridgehead atoms.